The lowest BCUT2D eigenvalue weighted by molar-refractivity contribution is 0.136. The molecule has 2 amide bonds. The van der Waals surface area contributed by atoms with Crippen molar-refractivity contribution in [1.29, 1.82) is 0 Å². The van der Waals surface area contributed by atoms with Crippen molar-refractivity contribution in [2.75, 3.05) is 31.6 Å². The molecular weight excluding hydrogens is 358 g/mol. The SMILES string of the molecule is O=C(Nc1ccc2c(c1)OCCO2)N1CC(n2cnnc2-c2ccccc2)C1. The summed E-state index contributed by atoms with van der Waals surface area (Å²) < 4.78 is 13.1. The lowest BCUT2D eigenvalue weighted by Gasteiger charge is -2.40. The predicted molar refractivity (Wildman–Crippen MR) is 103 cm³/mol. The van der Waals surface area contributed by atoms with Gasteiger partial charge in [0.2, 0.25) is 0 Å². The molecule has 0 bridgehead atoms. The van der Waals surface area contributed by atoms with Gasteiger partial charge in [-0.15, -0.1) is 10.2 Å². The maximum absolute atomic E-state index is 12.5. The third kappa shape index (κ3) is 3.02. The fraction of sp³-hybridized carbons (Fsp3) is 0.250. The van der Waals surface area contributed by atoms with Crippen LogP contribution >= 0.6 is 0 Å². The van der Waals surface area contributed by atoms with Crippen molar-refractivity contribution in [2.45, 2.75) is 6.04 Å². The maximum Gasteiger partial charge on any atom is 0.321 e. The Hall–Kier alpha value is -3.55. The topological polar surface area (TPSA) is 81.5 Å². The van der Waals surface area contributed by atoms with E-state index in [2.05, 4.69) is 15.5 Å². The Bertz CT molecular complexity index is 998. The standard InChI is InChI=1S/C20H19N5O3/c26-20(22-15-6-7-17-18(10-15)28-9-8-27-17)24-11-16(12-24)25-13-21-23-19(25)14-4-2-1-3-5-14/h1-7,10,13,16H,8-9,11-12H2,(H,22,26). The monoisotopic (exact) mass is 377 g/mol. The van der Waals surface area contributed by atoms with Crippen LogP contribution in [0.25, 0.3) is 11.4 Å². The third-order valence-corrected chi connectivity index (χ3v) is 4.94. The first kappa shape index (κ1) is 16.6. The van der Waals surface area contributed by atoms with Crippen molar-refractivity contribution >= 4 is 11.7 Å². The second kappa shape index (κ2) is 6.88. The molecule has 0 aliphatic carbocycles. The lowest BCUT2D eigenvalue weighted by Crippen LogP contribution is -2.52. The van der Waals surface area contributed by atoms with Gasteiger partial charge in [-0.05, 0) is 12.1 Å². The second-order valence-corrected chi connectivity index (χ2v) is 6.78. The predicted octanol–water partition coefficient (Wildman–Crippen LogP) is 2.81. The van der Waals surface area contributed by atoms with Gasteiger partial charge in [0.1, 0.15) is 19.5 Å². The van der Waals surface area contributed by atoms with Crippen LogP contribution < -0.4 is 14.8 Å². The summed E-state index contributed by atoms with van der Waals surface area (Å²) in [6.07, 6.45) is 1.73. The van der Waals surface area contributed by atoms with E-state index in [4.69, 9.17) is 9.47 Å². The minimum absolute atomic E-state index is 0.137. The maximum atomic E-state index is 12.5. The second-order valence-electron chi connectivity index (χ2n) is 6.78. The van der Waals surface area contributed by atoms with Gasteiger partial charge >= 0.3 is 6.03 Å². The van der Waals surface area contributed by atoms with E-state index in [9.17, 15) is 4.79 Å². The highest BCUT2D eigenvalue weighted by atomic mass is 16.6. The van der Waals surface area contributed by atoms with Crippen LogP contribution in [0.5, 0.6) is 11.5 Å². The molecule has 8 nitrogen and oxygen atoms in total. The van der Waals surface area contributed by atoms with Gasteiger partial charge in [0.25, 0.3) is 0 Å². The number of ether oxygens (including phenoxy) is 2. The van der Waals surface area contributed by atoms with Crippen LogP contribution in [0.2, 0.25) is 0 Å². The van der Waals surface area contributed by atoms with E-state index in [1.54, 1.807) is 17.3 Å². The van der Waals surface area contributed by atoms with E-state index in [1.807, 2.05) is 47.0 Å². The molecular formula is C20H19N5O3. The molecule has 1 aromatic heterocycles. The molecule has 0 radical (unpaired) electrons. The van der Waals surface area contributed by atoms with Gasteiger partial charge in [0, 0.05) is 30.4 Å². The number of nitrogens with one attached hydrogen (secondary N) is 1. The summed E-state index contributed by atoms with van der Waals surface area (Å²) in [5, 5.41) is 11.2. The number of nitrogens with zero attached hydrogens (tertiary/aromatic N) is 4. The summed E-state index contributed by atoms with van der Waals surface area (Å²) in [5.41, 5.74) is 1.70. The Morgan fingerprint density at radius 2 is 1.82 bits per heavy atom. The van der Waals surface area contributed by atoms with Gasteiger partial charge in [-0.2, -0.15) is 0 Å². The van der Waals surface area contributed by atoms with Crippen molar-refractivity contribution in [3.05, 3.63) is 54.9 Å². The number of rotatable bonds is 3. The molecule has 0 unspecified atom stereocenters. The van der Waals surface area contributed by atoms with Crippen molar-refractivity contribution in [3.63, 3.8) is 0 Å². The minimum atomic E-state index is -0.137. The molecule has 2 aliphatic heterocycles. The Morgan fingerprint density at radius 1 is 1.04 bits per heavy atom. The molecule has 28 heavy (non-hydrogen) atoms. The van der Waals surface area contributed by atoms with Crippen molar-refractivity contribution in [1.82, 2.24) is 19.7 Å². The van der Waals surface area contributed by atoms with Crippen molar-refractivity contribution in [2.24, 2.45) is 0 Å². The molecule has 5 rings (SSSR count). The number of fused-ring (bicyclic) bond motifs is 1. The number of amides is 2. The molecule has 0 spiro atoms. The molecule has 0 saturated carbocycles. The first-order valence-corrected chi connectivity index (χ1v) is 9.18. The van der Waals surface area contributed by atoms with Crippen LogP contribution in [0.1, 0.15) is 6.04 Å². The number of hydrogen-bond acceptors (Lipinski definition) is 5. The lowest BCUT2D eigenvalue weighted by atomic mass is 10.1. The number of likely N-dealkylation sites (tertiary alicyclic amines) is 1. The smallest absolute Gasteiger partial charge is 0.321 e. The van der Waals surface area contributed by atoms with Gasteiger partial charge < -0.3 is 24.3 Å². The zero-order valence-electron chi connectivity index (χ0n) is 15.1. The molecule has 3 aromatic rings. The highest BCUT2D eigenvalue weighted by Gasteiger charge is 2.33. The number of aromatic nitrogens is 3. The summed E-state index contributed by atoms with van der Waals surface area (Å²) in [7, 11) is 0. The van der Waals surface area contributed by atoms with E-state index in [-0.39, 0.29) is 12.1 Å². The van der Waals surface area contributed by atoms with E-state index in [0.29, 0.717) is 43.5 Å². The summed E-state index contributed by atoms with van der Waals surface area (Å²) in [6, 6.07) is 15.4. The molecule has 3 heterocycles. The highest BCUT2D eigenvalue weighted by Crippen LogP contribution is 2.33. The van der Waals surface area contributed by atoms with Crippen LogP contribution in [0.15, 0.2) is 54.9 Å². The number of carbonyl (C=O) groups excluding carboxylic acids is 1. The van der Waals surface area contributed by atoms with Crippen molar-refractivity contribution < 1.29 is 14.3 Å². The van der Waals surface area contributed by atoms with Gasteiger partial charge in [-0.25, -0.2) is 4.79 Å². The molecule has 1 N–H and O–H groups in total. The van der Waals surface area contributed by atoms with Crippen LogP contribution in [0.3, 0.4) is 0 Å². The van der Waals surface area contributed by atoms with Gasteiger partial charge in [-0.1, -0.05) is 30.3 Å². The number of urea groups is 1. The Labute approximate surface area is 161 Å². The molecule has 1 fully saturated rings. The fourth-order valence-electron chi connectivity index (χ4n) is 3.42. The molecule has 0 atom stereocenters. The van der Waals surface area contributed by atoms with Gasteiger partial charge in [0.05, 0.1) is 6.04 Å². The van der Waals surface area contributed by atoms with E-state index >= 15 is 0 Å². The van der Waals surface area contributed by atoms with E-state index in [0.717, 1.165) is 11.4 Å². The van der Waals surface area contributed by atoms with Crippen LogP contribution in [0, 0.1) is 0 Å². The van der Waals surface area contributed by atoms with E-state index in [1.165, 1.54) is 0 Å². The van der Waals surface area contributed by atoms with Gasteiger partial charge in [-0.3, -0.25) is 0 Å². The molecule has 1 saturated heterocycles. The summed E-state index contributed by atoms with van der Waals surface area (Å²) in [4.78, 5) is 14.3. The largest absolute Gasteiger partial charge is 0.486 e. The van der Waals surface area contributed by atoms with Crippen LogP contribution in [-0.2, 0) is 0 Å². The number of benzene rings is 2. The average Bonchev–Trinajstić information content (AvgIpc) is 3.17. The average molecular weight is 377 g/mol. The fourth-order valence-corrected chi connectivity index (χ4v) is 3.42. The normalized spacial score (nSPS) is 15.8. The molecule has 2 aromatic carbocycles. The van der Waals surface area contributed by atoms with Gasteiger partial charge in [0.15, 0.2) is 17.3 Å². The Balaban J connectivity index is 1.23. The summed E-state index contributed by atoms with van der Waals surface area (Å²) >= 11 is 0. The molecule has 142 valence electrons. The Morgan fingerprint density at radius 3 is 2.64 bits per heavy atom. The Kier molecular flexibility index (Phi) is 4.08. The first-order chi connectivity index (χ1) is 13.8. The quantitative estimate of drug-likeness (QED) is 0.759. The third-order valence-electron chi connectivity index (χ3n) is 4.94. The van der Waals surface area contributed by atoms with E-state index < -0.39 is 0 Å². The number of anilines is 1. The summed E-state index contributed by atoms with van der Waals surface area (Å²) in [5.74, 6) is 2.18. The highest BCUT2D eigenvalue weighted by molar-refractivity contribution is 5.90. The summed E-state index contributed by atoms with van der Waals surface area (Å²) in [6.45, 7) is 2.27. The minimum Gasteiger partial charge on any atom is -0.486 e. The number of hydrogen-bond donors (Lipinski definition) is 1. The zero-order chi connectivity index (χ0) is 18.9. The van der Waals surface area contributed by atoms with Crippen LogP contribution in [-0.4, -0.2) is 52.0 Å². The number of carbonyl (C=O) groups is 1. The van der Waals surface area contributed by atoms with Crippen molar-refractivity contribution in [3.8, 4) is 22.9 Å². The first-order valence-electron chi connectivity index (χ1n) is 9.18. The molecule has 2 aliphatic rings. The van der Waals surface area contributed by atoms with Crippen LogP contribution in [0.4, 0.5) is 10.5 Å². The zero-order valence-corrected chi connectivity index (χ0v) is 15.1. The molecule has 8 heteroatoms.